The maximum atomic E-state index is 12.0. The Balaban J connectivity index is 1.83. The predicted molar refractivity (Wildman–Crippen MR) is 72.0 cm³/mol. The van der Waals surface area contributed by atoms with Gasteiger partial charge in [0.1, 0.15) is 11.5 Å². The highest BCUT2D eigenvalue weighted by Gasteiger charge is 2.30. The molecule has 0 bridgehead atoms. The third kappa shape index (κ3) is 5.75. The second kappa shape index (κ2) is 6.93. The zero-order valence-electron chi connectivity index (χ0n) is 11.6. The zero-order valence-corrected chi connectivity index (χ0v) is 11.6. The number of alkyl halides is 3. The van der Waals surface area contributed by atoms with Crippen molar-refractivity contribution in [2.75, 3.05) is 13.1 Å². The van der Waals surface area contributed by atoms with Gasteiger partial charge in [0.05, 0.1) is 0 Å². The first kappa shape index (κ1) is 15.8. The third-order valence-corrected chi connectivity index (χ3v) is 3.53. The monoisotopic (exact) mass is 301 g/mol. The summed E-state index contributed by atoms with van der Waals surface area (Å²) in [6.07, 6.45) is -1.88. The molecule has 0 unspecified atom stereocenters. The highest BCUT2D eigenvalue weighted by atomic mass is 19.4. The van der Waals surface area contributed by atoms with E-state index in [0.717, 1.165) is 25.9 Å². The summed E-state index contributed by atoms with van der Waals surface area (Å²) < 4.78 is 39.9. The van der Waals surface area contributed by atoms with Crippen molar-refractivity contribution in [1.82, 2.24) is 5.32 Å². The molecule has 3 nitrogen and oxygen atoms in total. The van der Waals surface area contributed by atoms with E-state index >= 15 is 0 Å². The van der Waals surface area contributed by atoms with Crippen molar-refractivity contribution in [3.8, 4) is 5.75 Å². The number of carbonyl (C=O) groups is 1. The number of ether oxygens (including phenoxy) is 1. The summed E-state index contributed by atoms with van der Waals surface area (Å²) >= 11 is 0. The van der Waals surface area contributed by atoms with Gasteiger partial charge in [0, 0.05) is 12.8 Å². The van der Waals surface area contributed by atoms with E-state index in [2.05, 4.69) is 10.1 Å². The first-order valence-corrected chi connectivity index (χ1v) is 6.99. The Hall–Kier alpha value is -1.56. The Morgan fingerprint density at radius 2 is 1.81 bits per heavy atom. The molecule has 1 N–H and O–H groups in total. The van der Waals surface area contributed by atoms with E-state index in [1.165, 1.54) is 24.3 Å². The topological polar surface area (TPSA) is 38.3 Å². The molecule has 0 atom stereocenters. The van der Waals surface area contributed by atoms with Crippen molar-refractivity contribution >= 4 is 5.78 Å². The van der Waals surface area contributed by atoms with Crippen molar-refractivity contribution in [2.24, 2.45) is 5.92 Å². The molecule has 2 rings (SSSR count). The van der Waals surface area contributed by atoms with Crippen LogP contribution >= 0.6 is 0 Å². The van der Waals surface area contributed by atoms with Crippen LogP contribution < -0.4 is 10.1 Å². The Morgan fingerprint density at radius 3 is 2.38 bits per heavy atom. The molecule has 1 aromatic rings. The minimum Gasteiger partial charge on any atom is -0.406 e. The molecule has 1 aromatic carbocycles. The number of hydrogen-bond donors (Lipinski definition) is 1. The van der Waals surface area contributed by atoms with Crippen molar-refractivity contribution in [3.05, 3.63) is 29.8 Å². The lowest BCUT2D eigenvalue weighted by molar-refractivity contribution is -0.274. The van der Waals surface area contributed by atoms with Crippen LogP contribution in [0.25, 0.3) is 0 Å². The van der Waals surface area contributed by atoms with Gasteiger partial charge in [-0.3, -0.25) is 4.79 Å². The van der Waals surface area contributed by atoms with E-state index < -0.39 is 6.36 Å². The van der Waals surface area contributed by atoms with Gasteiger partial charge >= 0.3 is 6.36 Å². The number of rotatable bonds is 5. The van der Waals surface area contributed by atoms with Crippen LogP contribution in [0.15, 0.2) is 24.3 Å². The SMILES string of the molecule is O=C(Cc1ccc(OC(F)(F)F)cc1)CC1CCNCC1. The molecule has 0 spiro atoms. The average molecular weight is 301 g/mol. The highest BCUT2D eigenvalue weighted by Crippen LogP contribution is 2.23. The quantitative estimate of drug-likeness (QED) is 0.908. The van der Waals surface area contributed by atoms with E-state index in [-0.39, 0.29) is 18.0 Å². The number of Topliss-reactive ketones (excluding diaryl/α,β-unsaturated/α-hetero) is 1. The van der Waals surface area contributed by atoms with Crippen molar-refractivity contribution in [2.45, 2.75) is 32.0 Å². The lowest BCUT2D eigenvalue weighted by atomic mass is 9.91. The number of ketones is 1. The van der Waals surface area contributed by atoms with Gasteiger partial charge in [-0.05, 0) is 49.5 Å². The van der Waals surface area contributed by atoms with Gasteiger partial charge in [-0.2, -0.15) is 0 Å². The molecule has 0 aromatic heterocycles. The minimum atomic E-state index is -4.69. The number of benzene rings is 1. The van der Waals surface area contributed by atoms with E-state index in [1.54, 1.807) is 0 Å². The second-order valence-corrected chi connectivity index (χ2v) is 5.30. The van der Waals surface area contributed by atoms with Crippen molar-refractivity contribution in [3.63, 3.8) is 0 Å². The summed E-state index contributed by atoms with van der Waals surface area (Å²) in [5.41, 5.74) is 0.712. The van der Waals surface area contributed by atoms with Crippen LogP contribution in [0.3, 0.4) is 0 Å². The molecular formula is C15H18F3NO2. The number of nitrogens with one attached hydrogen (secondary N) is 1. The highest BCUT2D eigenvalue weighted by molar-refractivity contribution is 5.81. The molecule has 0 amide bonds. The van der Waals surface area contributed by atoms with Crippen molar-refractivity contribution in [1.29, 1.82) is 0 Å². The molecule has 1 saturated heterocycles. The van der Waals surface area contributed by atoms with Crippen LogP contribution in [0.1, 0.15) is 24.8 Å². The molecule has 21 heavy (non-hydrogen) atoms. The zero-order chi connectivity index (χ0) is 15.3. The number of carbonyl (C=O) groups excluding carboxylic acids is 1. The summed E-state index contributed by atoms with van der Waals surface area (Å²) in [4.78, 5) is 12.0. The van der Waals surface area contributed by atoms with Gasteiger partial charge in [0.15, 0.2) is 0 Å². The third-order valence-electron chi connectivity index (χ3n) is 3.53. The second-order valence-electron chi connectivity index (χ2n) is 5.30. The Bertz CT molecular complexity index is 465. The van der Waals surface area contributed by atoms with Crippen LogP contribution in [0.5, 0.6) is 5.75 Å². The first-order valence-electron chi connectivity index (χ1n) is 6.99. The standard InChI is InChI=1S/C15H18F3NO2/c16-15(17,18)21-14-3-1-11(2-4-14)9-13(20)10-12-5-7-19-8-6-12/h1-4,12,19H,5-10H2. The molecule has 6 heteroatoms. The Morgan fingerprint density at radius 1 is 1.19 bits per heavy atom. The summed E-state index contributed by atoms with van der Waals surface area (Å²) in [7, 11) is 0. The van der Waals surface area contributed by atoms with Gasteiger partial charge in [0.2, 0.25) is 0 Å². The van der Waals surface area contributed by atoms with Crippen LogP contribution in [0.4, 0.5) is 13.2 Å². The lowest BCUT2D eigenvalue weighted by Crippen LogP contribution is -2.29. The number of halogens is 3. The summed E-state index contributed by atoms with van der Waals surface area (Å²) in [6.45, 7) is 1.89. The lowest BCUT2D eigenvalue weighted by Gasteiger charge is -2.21. The van der Waals surface area contributed by atoms with Crippen LogP contribution in [0, 0.1) is 5.92 Å². The fourth-order valence-electron chi connectivity index (χ4n) is 2.52. The minimum absolute atomic E-state index is 0.131. The van der Waals surface area contributed by atoms with Gasteiger partial charge < -0.3 is 10.1 Å². The van der Waals surface area contributed by atoms with E-state index in [9.17, 15) is 18.0 Å². The fourth-order valence-corrected chi connectivity index (χ4v) is 2.52. The van der Waals surface area contributed by atoms with E-state index in [0.29, 0.717) is 17.9 Å². The molecular weight excluding hydrogens is 283 g/mol. The van der Waals surface area contributed by atoms with Crippen LogP contribution in [0.2, 0.25) is 0 Å². The summed E-state index contributed by atoms with van der Waals surface area (Å²) in [5.74, 6) is 0.287. The van der Waals surface area contributed by atoms with E-state index in [4.69, 9.17) is 0 Å². The van der Waals surface area contributed by atoms with Gasteiger partial charge in [-0.1, -0.05) is 12.1 Å². The van der Waals surface area contributed by atoms with Gasteiger partial charge in [-0.15, -0.1) is 13.2 Å². The molecule has 0 aliphatic carbocycles. The molecule has 0 saturated carbocycles. The van der Waals surface area contributed by atoms with Crippen LogP contribution in [-0.4, -0.2) is 25.2 Å². The molecule has 1 aliphatic heterocycles. The van der Waals surface area contributed by atoms with Gasteiger partial charge in [-0.25, -0.2) is 0 Å². The molecule has 1 heterocycles. The van der Waals surface area contributed by atoms with E-state index in [1.807, 2.05) is 0 Å². The molecule has 0 radical (unpaired) electrons. The molecule has 1 fully saturated rings. The van der Waals surface area contributed by atoms with Crippen LogP contribution in [-0.2, 0) is 11.2 Å². The maximum absolute atomic E-state index is 12.0. The van der Waals surface area contributed by atoms with Crippen molar-refractivity contribution < 1.29 is 22.7 Å². The Kier molecular flexibility index (Phi) is 5.22. The Labute approximate surface area is 121 Å². The smallest absolute Gasteiger partial charge is 0.406 e. The first-order chi connectivity index (χ1) is 9.92. The predicted octanol–water partition coefficient (Wildman–Crippen LogP) is 3.09. The molecule has 1 aliphatic rings. The summed E-state index contributed by atoms with van der Waals surface area (Å²) in [6, 6.07) is 5.48. The number of piperidine rings is 1. The largest absolute Gasteiger partial charge is 0.573 e. The summed E-state index contributed by atoms with van der Waals surface area (Å²) in [5, 5.41) is 3.25. The van der Waals surface area contributed by atoms with Gasteiger partial charge in [0.25, 0.3) is 0 Å². The average Bonchev–Trinajstić information content (AvgIpc) is 2.40. The maximum Gasteiger partial charge on any atom is 0.573 e. The number of hydrogen-bond acceptors (Lipinski definition) is 3. The fraction of sp³-hybridized carbons (Fsp3) is 0.533. The molecule has 116 valence electrons. The normalized spacial score (nSPS) is 16.7.